The van der Waals surface area contributed by atoms with Crippen molar-refractivity contribution in [3.05, 3.63) is 52.1 Å². The number of nitrogens with zero attached hydrogens (tertiary/aromatic N) is 6. The Bertz CT molecular complexity index is 1900. The molecule has 2 saturated carbocycles. The molecule has 1 unspecified atom stereocenters. The molecule has 15 nitrogen and oxygen atoms in total. The zero-order chi connectivity index (χ0) is 42.2. The zero-order valence-electron chi connectivity index (χ0n) is 35.7. The number of ether oxygens (including phenoxy) is 1. The van der Waals surface area contributed by atoms with Gasteiger partial charge in [-0.2, -0.15) is 4.98 Å². The fraction of sp³-hybridized carbons (Fsp3) is 0.674. The van der Waals surface area contributed by atoms with Crippen molar-refractivity contribution in [2.24, 2.45) is 5.92 Å². The minimum Gasteiger partial charge on any atom is -0.465 e. The Hall–Kier alpha value is -4.66. The maximum atomic E-state index is 13.3. The summed E-state index contributed by atoms with van der Waals surface area (Å²) in [4.78, 5) is 75.9. The highest BCUT2D eigenvalue weighted by molar-refractivity contribution is 5.90. The molecule has 1 aliphatic heterocycles. The first-order valence-electron chi connectivity index (χ1n) is 21.0. The molecule has 2 aromatic rings. The molecule has 0 bridgehead atoms. The Morgan fingerprint density at radius 2 is 1.47 bits per heavy atom. The standard InChI is InChI=1S/C43H64N8O7/c1-41(2,3)51(40(56)57)32-17-15-31(16-18-32)50(27-28-9-10-28)34-14-12-29-25-33(13-11-30(29)26-34)49-20-19-35(45-38(49)54)44-37(53)48-23-21-47(22-24-48)36(52)43(7,8)46-39(55)58-42(4,5)6/h11,13,19-20,25,28,31-32,34H,9-10,12,14-18,21-24,26-27H2,1-8H3,(H,46,55)(H,56,57)(H,44,45,53,54). The van der Waals surface area contributed by atoms with Crippen LogP contribution in [-0.4, -0.2) is 126 Å². The van der Waals surface area contributed by atoms with Gasteiger partial charge in [0.25, 0.3) is 0 Å². The van der Waals surface area contributed by atoms with Crippen molar-refractivity contribution in [2.45, 2.75) is 148 Å². The van der Waals surface area contributed by atoms with Crippen LogP contribution in [-0.2, 0) is 22.4 Å². The highest BCUT2D eigenvalue weighted by Crippen LogP contribution is 2.38. The number of urea groups is 1. The number of rotatable bonds is 9. The predicted molar refractivity (Wildman–Crippen MR) is 221 cm³/mol. The molecule has 4 aliphatic rings. The largest absolute Gasteiger partial charge is 0.465 e. The second kappa shape index (κ2) is 16.9. The highest BCUT2D eigenvalue weighted by Gasteiger charge is 2.40. The molecule has 318 valence electrons. The van der Waals surface area contributed by atoms with E-state index in [9.17, 15) is 29.1 Å². The number of piperazine rings is 1. The van der Waals surface area contributed by atoms with Crippen LogP contribution < -0.4 is 16.3 Å². The third kappa shape index (κ3) is 10.5. The van der Waals surface area contributed by atoms with Gasteiger partial charge in [-0.25, -0.2) is 19.2 Å². The number of aromatic nitrogens is 2. The first-order valence-corrected chi connectivity index (χ1v) is 21.0. The Balaban J connectivity index is 1.03. The molecule has 15 heteroatoms. The van der Waals surface area contributed by atoms with Gasteiger partial charge in [0.1, 0.15) is 17.0 Å². The molecule has 1 aromatic heterocycles. The van der Waals surface area contributed by atoms with Crippen molar-refractivity contribution in [3.8, 4) is 5.69 Å². The second-order valence-electron chi connectivity index (χ2n) is 19.2. The van der Waals surface area contributed by atoms with Crippen molar-refractivity contribution in [2.75, 3.05) is 38.0 Å². The summed E-state index contributed by atoms with van der Waals surface area (Å²) in [5.74, 6) is 0.628. The number of amides is 5. The minimum absolute atomic E-state index is 0.0566. The van der Waals surface area contributed by atoms with Crippen molar-refractivity contribution in [1.29, 1.82) is 0 Å². The molecule has 0 radical (unpaired) electrons. The molecular weight excluding hydrogens is 741 g/mol. The Kier molecular flexibility index (Phi) is 12.5. The van der Waals surface area contributed by atoms with E-state index in [0.717, 1.165) is 63.1 Å². The van der Waals surface area contributed by atoms with E-state index in [1.165, 1.54) is 28.5 Å². The lowest BCUT2D eigenvalue weighted by Crippen LogP contribution is -2.60. The van der Waals surface area contributed by atoms with Crippen LogP contribution in [0.15, 0.2) is 35.3 Å². The van der Waals surface area contributed by atoms with Crippen molar-refractivity contribution < 1.29 is 29.0 Å². The van der Waals surface area contributed by atoms with Crippen LogP contribution in [0.5, 0.6) is 0 Å². The lowest BCUT2D eigenvalue weighted by atomic mass is 9.83. The van der Waals surface area contributed by atoms with Gasteiger partial charge in [-0.1, -0.05) is 6.07 Å². The van der Waals surface area contributed by atoms with Crippen LogP contribution in [0.3, 0.4) is 0 Å². The van der Waals surface area contributed by atoms with Crippen molar-refractivity contribution in [1.82, 2.24) is 34.5 Å². The molecule has 1 saturated heterocycles. The quantitative estimate of drug-likeness (QED) is 0.281. The fourth-order valence-corrected chi connectivity index (χ4v) is 8.97. The van der Waals surface area contributed by atoms with E-state index in [1.807, 2.05) is 26.8 Å². The van der Waals surface area contributed by atoms with E-state index in [1.54, 1.807) is 61.6 Å². The molecule has 3 N–H and O–H groups in total. The summed E-state index contributed by atoms with van der Waals surface area (Å²) >= 11 is 0. The third-order valence-corrected chi connectivity index (χ3v) is 12.0. The zero-order valence-corrected chi connectivity index (χ0v) is 35.7. The van der Waals surface area contributed by atoms with Crippen LogP contribution in [0.4, 0.5) is 20.2 Å². The molecule has 3 fully saturated rings. The number of benzene rings is 1. The van der Waals surface area contributed by atoms with Gasteiger partial charge in [0.15, 0.2) is 0 Å². The van der Waals surface area contributed by atoms with E-state index in [4.69, 9.17) is 4.74 Å². The van der Waals surface area contributed by atoms with Gasteiger partial charge in [-0.05, 0) is 148 Å². The number of anilines is 1. The van der Waals surface area contributed by atoms with Crippen molar-refractivity contribution >= 4 is 29.9 Å². The summed E-state index contributed by atoms with van der Waals surface area (Å²) in [6.45, 7) is 16.7. The average Bonchev–Trinajstić information content (AvgIpc) is 3.96. The molecule has 0 spiro atoms. The van der Waals surface area contributed by atoms with E-state index in [-0.39, 0.29) is 43.9 Å². The Morgan fingerprint density at radius 3 is 2.05 bits per heavy atom. The lowest BCUT2D eigenvalue weighted by molar-refractivity contribution is -0.138. The number of hydrogen-bond acceptors (Lipinski definition) is 8. The number of carbonyl (C=O) groups is 4. The predicted octanol–water partition coefficient (Wildman–Crippen LogP) is 5.87. The maximum Gasteiger partial charge on any atom is 0.408 e. The second-order valence-corrected chi connectivity index (χ2v) is 19.2. The number of carbonyl (C=O) groups excluding carboxylic acids is 3. The van der Waals surface area contributed by atoms with Gasteiger partial charge in [0.2, 0.25) is 5.91 Å². The molecule has 1 aromatic carbocycles. The fourth-order valence-electron chi connectivity index (χ4n) is 8.97. The SMILES string of the molecule is CC(C)(C)OC(=O)NC(C)(C)C(=O)N1CCN(C(=O)Nc2ccn(-c3ccc4c(c3)CCC(N(CC3CC3)C3CCC(N(C(=O)O)C(C)(C)C)CC3)C4)c(=O)n2)CC1. The molecule has 58 heavy (non-hydrogen) atoms. The number of aryl methyl sites for hydroxylation is 1. The molecule has 2 heterocycles. The number of hydrogen-bond donors (Lipinski definition) is 3. The average molecular weight is 805 g/mol. The number of alkyl carbamates (subject to hydrolysis) is 1. The molecule has 5 amide bonds. The Morgan fingerprint density at radius 1 is 0.828 bits per heavy atom. The molecule has 6 rings (SSSR count). The summed E-state index contributed by atoms with van der Waals surface area (Å²) in [6, 6.07) is 8.34. The van der Waals surface area contributed by atoms with Crippen molar-refractivity contribution in [3.63, 3.8) is 0 Å². The molecule has 3 aliphatic carbocycles. The minimum atomic E-state index is -1.19. The van der Waals surface area contributed by atoms with E-state index >= 15 is 0 Å². The Labute approximate surface area is 342 Å². The summed E-state index contributed by atoms with van der Waals surface area (Å²) in [5.41, 5.74) is 0.450. The first-order chi connectivity index (χ1) is 27.2. The summed E-state index contributed by atoms with van der Waals surface area (Å²) in [6.07, 6.45) is 9.41. The van der Waals surface area contributed by atoms with Gasteiger partial charge < -0.3 is 29.9 Å². The van der Waals surface area contributed by atoms with E-state index in [0.29, 0.717) is 12.1 Å². The van der Waals surface area contributed by atoms with Crippen LogP contribution in [0.1, 0.15) is 111 Å². The monoisotopic (exact) mass is 804 g/mol. The van der Waals surface area contributed by atoms with Crippen LogP contribution >= 0.6 is 0 Å². The topological polar surface area (TPSA) is 170 Å². The van der Waals surface area contributed by atoms with Gasteiger partial charge >= 0.3 is 23.9 Å². The summed E-state index contributed by atoms with van der Waals surface area (Å²) in [5, 5.41) is 15.4. The summed E-state index contributed by atoms with van der Waals surface area (Å²) < 4.78 is 6.81. The van der Waals surface area contributed by atoms with Gasteiger partial charge in [-0.15, -0.1) is 0 Å². The highest BCUT2D eigenvalue weighted by atomic mass is 16.6. The van der Waals surface area contributed by atoms with Gasteiger partial charge in [0.05, 0.1) is 5.69 Å². The van der Waals surface area contributed by atoms with Gasteiger partial charge in [-0.3, -0.25) is 19.6 Å². The molecular formula is C43H64N8O7. The van der Waals surface area contributed by atoms with E-state index in [2.05, 4.69) is 32.7 Å². The normalized spacial score (nSPS) is 21.6. The third-order valence-electron chi connectivity index (χ3n) is 12.0. The number of nitrogens with one attached hydrogen (secondary N) is 2. The van der Waals surface area contributed by atoms with Crippen LogP contribution in [0.25, 0.3) is 5.69 Å². The first kappa shape index (κ1) is 42.9. The van der Waals surface area contributed by atoms with E-state index < -0.39 is 40.6 Å². The number of carboxylic acid groups (broad SMARTS) is 1. The molecule has 1 atom stereocenters. The van der Waals surface area contributed by atoms with Crippen LogP contribution in [0, 0.1) is 5.92 Å². The van der Waals surface area contributed by atoms with Gasteiger partial charge in [0, 0.05) is 62.6 Å². The smallest absolute Gasteiger partial charge is 0.408 e. The summed E-state index contributed by atoms with van der Waals surface area (Å²) in [7, 11) is 0. The number of fused-ring (bicyclic) bond motifs is 1. The van der Waals surface area contributed by atoms with Crippen LogP contribution in [0.2, 0.25) is 0 Å². The maximum absolute atomic E-state index is 13.3. The lowest BCUT2D eigenvalue weighted by Gasteiger charge is -2.47.